The van der Waals surface area contributed by atoms with Gasteiger partial charge in [-0.25, -0.2) is 0 Å². The summed E-state index contributed by atoms with van der Waals surface area (Å²) in [6.45, 7) is 2.54. The lowest BCUT2D eigenvalue weighted by atomic mass is 10.1. The minimum atomic E-state index is -0.0656. The van der Waals surface area contributed by atoms with Crippen molar-refractivity contribution in [1.29, 1.82) is 0 Å². The van der Waals surface area contributed by atoms with E-state index in [-0.39, 0.29) is 18.0 Å². The van der Waals surface area contributed by atoms with Crippen molar-refractivity contribution in [3.05, 3.63) is 22.2 Å². The second-order valence-electron chi connectivity index (χ2n) is 3.20. The Balaban J connectivity index is 3.08. The maximum Gasteiger partial charge on any atom is 0.172 e. The van der Waals surface area contributed by atoms with Crippen molar-refractivity contribution in [1.82, 2.24) is 0 Å². The molecule has 5 heteroatoms. The molecule has 0 saturated carbocycles. The molecule has 0 amide bonds. The van der Waals surface area contributed by atoms with Crippen LogP contribution in [0.15, 0.2) is 16.6 Å². The first-order valence-electron chi connectivity index (χ1n) is 4.98. The number of halogens is 1. The minimum absolute atomic E-state index is 0.00569. The second-order valence-corrected chi connectivity index (χ2v) is 4.05. The average molecular weight is 288 g/mol. The van der Waals surface area contributed by atoms with E-state index in [4.69, 9.17) is 10.5 Å². The maximum atomic E-state index is 11.6. The highest BCUT2D eigenvalue weighted by atomic mass is 79.9. The molecule has 0 saturated heterocycles. The van der Waals surface area contributed by atoms with Crippen molar-refractivity contribution in [2.24, 2.45) is 5.73 Å². The molecule has 1 aromatic carbocycles. The van der Waals surface area contributed by atoms with E-state index in [1.807, 2.05) is 6.92 Å². The molecule has 0 spiro atoms. The minimum Gasteiger partial charge on any atom is -0.503 e. The molecule has 0 aromatic heterocycles. The average Bonchev–Trinajstić information content (AvgIpc) is 2.25. The number of Topliss-reactive ketones (excluding diaryl/α,β-unsaturated/α-hetero) is 1. The molecule has 88 valence electrons. The summed E-state index contributed by atoms with van der Waals surface area (Å²) in [5.74, 6) is 0.243. The van der Waals surface area contributed by atoms with Crippen LogP contribution < -0.4 is 10.5 Å². The Bertz CT molecular complexity index is 393. The number of phenols is 1. The number of ketones is 1. The van der Waals surface area contributed by atoms with Gasteiger partial charge < -0.3 is 15.6 Å². The van der Waals surface area contributed by atoms with Crippen LogP contribution >= 0.6 is 15.9 Å². The Morgan fingerprint density at radius 3 is 2.81 bits per heavy atom. The largest absolute Gasteiger partial charge is 0.503 e. The van der Waals surface area contributed by atoms with E-state index in [2.05, 4.69) is 15.9 Å². The molecule has 1 rings (SSSR count). The van der Waals surface area contributed by atoms with Crippen molar-refractivity contribution in [2.75, 3.05) is 13.2 Å². The number of phenolic OH excluding ortho intramolecular Hbond substituents is 1. The number of carbonyl (C=O) groups excluding carboxylic acids is 1. The molecule has 0 fully saturated rings. The number of carbonyl (C=O) groups is 1. The molecule has 4 nitrogen and oxygen atoms in total. The summed E-state index contributed by atoms with van der Waals surface area (Å²) in [5.41, 5.74) is 5.80. The van der Waals surface area contributed by atoms with Gasteiger partial charge in [0.05, 0.1) is 11.1 Å². The van der Waals surface area contributed by atoms with Crippen LogP contribution in [-0.2, 0) is 0 Å². The molecule has 0 aliphatic heterocycles. The fourth-order valence-electron chi connectivity index (χ4n) is 1.28. The highest BCUT2D eigenvalue weighted by molar-refractivity contribution is 9.10. The SMILES string of the molecule is CCOc1cc(C(=O)CCN)cc(Br)c1O. The summed E-state index contributed by atoms with van der Waals surface area (Å²) >= 11 is 3.17. The van der Waals surface area contributed by atoms with E-state index in [0.29, 0.717) is 28.9 Å². The summed E-state index contributed by atoms with van der Waals surface area (Å²) in [4.78, 5) is 11.6. The van der Waals surface area contributed by atoms with E-state index >= 15 is 0 Å². The van der Waals surface area contributed by atoms with Gasteiger partial charge in [0.15, 0.2) is 17.3 Å². The van der Waals surface area contributed by atoms with Gasteiger partial charge in [-0.1, -0.05) is 0 Å². The summed E-state index contributed by atoms with van der Waals surface area (Å²) in [7, 11) is 0. The van der Waals surface area contributed by atoms with Crippen LogP contribution in [0.25, 0.3) is 0 Å². The predicted molar refractivity (Wildman–Crippen MR) is 65.0 cm³/mol. The van der Waals surface area contributed by atoms with Crippen LogP contribution in [0.3, 0.4) is 0 Å². The topological polar surface area (TPSA) is 72.5 Å². The quantitative estimate of drug-likeness (QED) is 0.814. The Hall–Kier alpha value is -1.07. The smallest absolute Gasteiger partial charge is 0.172 e. The first-order valence-corrected chi connectivity index (χ1v) is 5.78. The van der Waals surface area contributed by atoms with E-state index in [1.165, 1.54) is 6.07 Å². The van der Waals surface area contributed by atoms with Crippen LogP contribution in [0.2, 0.25) is 0 Å². The number of ether oxygens (including phenoxy) is 1. The zero-order chi connectivity index (χ0) is 12.1. The third-order valence-electron chi connectivity index (χ3n) is 2.02. The molecular formula is C11H14BrNO3. The van der Waals surface area contributed by atoms with Gasteiger partial charge in [-0.15, -0.1) is 0 Å². The number of benzene rings is 1. The first kappa shape index (κ1) is 13.0. The molecule has 0 aliphatic carbocycles. The summed E-state index contributed by atoms with van der Waals surface area (Å²) in [6, 6.07) is 3.09. The van der Waals surface area contributed by atoms with Crippen LogP contribution in [0.4, 0.5) is 0 Å². The van der Waals surface area contributed by atoms with E-state index in [1.54, 1.807) is 6.07 Å². The fourth-order valence-corrected chi connectivity index (χ4v) is 1.72. The van der Waals surface area contributed by atoms with Crippen molar-refractivity contribution in [2.45, 2.75) is 13.3 Å². The summed E-state index contributed by atoms with van der Waals surface area (Å²) in [6.07, 6.45) is 0.281. The van der Waals surface area contributed by atoms with Crippen molar-refractivity contribution in [3.63, 3.8) is 0 Å². The highest BCUT2D eigenvalue weighted by Gasteiger charge is 2.13. The molecule has 16 heavy (non-hydrogen) atoms. The van der Waals surface area contributed by atoms with Gasteiger partial charge in [-0.2, -0.15) is 0 Å². The number of rotatable bonds is 5. The lowest BCUT2D eigenvalue weighted by molar-refractivity contribution is 0.0985. The Labute approximate surface area is 103 Å². The van der Waals surface area contributed by atoms with Crippen LogP contribution in [0.1, 0.15) is 23.7 Å². The van der Waals surface area contributed by atoms with Gasteiger partial charge in [-0.05, 0) is 41.5 Å². The molecular weight excluding hydrogens is 274 g/mol. The standard InChI is InChI=1S/C11H14BrNO3/c1-2-16-10-6-7(9(14)3-4-13)5-8(12)11(10)15/h5-6,15H,2-4,13H2,1H3. The third-order valence-corrected chi connectivity index (χ3v) is 2.63. The van der Waals surface area contributed by atoms with Gasteiger partial charge in [-0.3, -0.25) is 4.79 Å². The zero-order valence-electron chi connectivity index (χ0n) is 9.00. The summed E-state index contributed by atoms with van der Waals surface area (Å²) < 4.78 is 5.67. The molecule has 0 atom stereocenters. The van der Waals surface area contributed by atoms with Gasteiger partial charge >= 0.3 is 0 Å². The zero-order valence-corrected chi connectivity index (χ0v) is 10.6. The van der Waals surface area contributed by atoms with Gasteiger partial charge in [0.1, 0.15) is 0 Å². The van der Waals surface area contributed by atoms with Crippen LogP contribution in [-0.4, -0.2) is 24.0 Å². The highest BCUT2D eigenvalue weighted by Crippen LogP contribution is 2.35. The molecule has 3 N–H and O–H groups in total. The number of nitrogens with two attached hydrogens (primary N) is 1. The van der Waals surface area contributed by atoms with Crippen molar-refractivity contribution in [3.8, 4) is 11.5 Å². The Kier molecular flexibility index (Phi) is 4.76. The Morgan fingerprint density at radius 2 is 2.25 bits per heavy atom. The fraction of sp³-hybridized carbons (Fsp3) is 0.364. The second kappa shape index (κ2) is 5.86. The maximum absolute atomic E-state index is 11.6. The number of aromatic hydroxyl groups is 1. The van der Waals surface area contributed by atoms with Crippen LogP contribution in [0, 0.1) is 0 Å². The lowest BCUT2D eigenvalue weighted by Crippen LogP contribution is -2.08. The van der Waals surface area contributed by atoms with E-state index in [9.17, 15) is 9.90 Å². The number of hydrogen-bond donors (Lipinski definition) is 2. The summed E-state index contributed by atoms with van der Waals surface area (Å²) in [5, 5.41) is 9.66. The first-order chi connectivity index (χ1) is 7.60. The van der Waals surface area contributed by atoms with E-state index < -0.39 is 0 Å². The molecule has 1 aromatic rings. The third kappa shape index (κ3) is 2.96. The molecule has 0 unspecified atom stereocenters. The monoisotopic (exact) mass is 287 g/mol. The normalized spacial score (nSPS) is 10.2. The Morgan fingerprint density at radius 1 is 1.56 bits per heavy atom. The van der Waals surface area contributed by atoms with E-state index in [0.717, 1.165) is 0 Å². The van der Waals surface area contributed by atoms with Gasteiger partial charge in [0.2, 0.25) is 0 Å². The predicted octanol–water partition coefficient (Wildman–Crippen LogP) is 2.08. The van der Waals surface area contributed by atoms with Crippen molar-refractivity contribution < 1.29 is 14.6 Å². The molecule has 0 heterocycles. The lowest BCUT2D eigenvalue weighted by Gasteiger charge is -2.09. The van der Waals surface area contributed by atoms with Crippen molar-refractivity contribution >= 4 is 21.7 Å². The molecule has 0 aliphatic rings. The van der Waals surface area contributed by atoms with Gasteiger partial charge in [0.25, 0.3) is 0 Å². The molecule has 0 radical (unpaired) electrons. The number of hydrogen-bond acceptors (Lipinski definition) is 4. The molecule has 0 bridgehead atoms. The van der Waals surface area contributed by atoms with Crippen LogP contribution in [0.5, 0.6) is 11.5 Å². The van der Waals surface area contributed by atoms with Gasteiger partial charge in [0, 0.05) is 12.0 Å².